The van der Waals surface area contributed by atoms with Crippen LogP contribution in [-0.4, -0.2) is 9.78 Å². The number of fused-ring (bicyclic) bond motifs is 1. The minimum absolute atomic E-state index is 0.632. The number of nitrogens with two attached hydrogens (primary N) is 1. The van der Waals surface area contributed by atoms with Crippen molar-refractivity contribution in [2.45, 2.75) is 26.8 Å². The number of aromatic nitrogens is 2. The maximum atomic E-state index is 5.86. The molecule has 3 heteroatoms. The first kappa shape index (κ1) is 10.0. The van der Waals surface area contributed by atoms with Gasteiger partial charge < -0.3 is 5.73 Å². The Hall–Kier alpha value is -1.51. The Morgan fingerprint density at radius 1 is 1.40 bits per heavy atom. The molecule has 0 saturated heterocycles. The Balaban J connectivity index is 2.43. The predicted molar refractivity (Wildman–Crippen MR) is 63.6 cm³/mol. The molecule has 0 spiro atoms. The van der Waals surface area contributed by atoms with Crippen molar-refractivity contribution in [2.75, 3.05) is 5.73 Å². The first-order valence-corrected chi connectivity index (χ1v) is 5.43. The molecule has 2 aromatic rings. The summed E-state index contributed by atoms with van der Waals surface area (Å²) in [4.78, 5) is 0. The fraction of sp³-hybridized carbons (Fsp3) is 0.417. The molecule has 1 unspecified atom stereocenters. The van der Waals surface area contributed by atoms with E-state index in [0.717, 1.165) is 23.9 Å². The highest BCUT2D eigenvalue weighted by Gasteiger charge is 2.08. The van der Waals surface area contributed by atoms with Crippen molar-refractivity contribution >= 4 is 16.7 Å². The molecule has 2 rings (SSSR count). The molecule has 0 amide bonds. The van der Waals surface area contributed by atoms with Gasteiger partial charge in [-0.15, -0.1) is 0 Å². The van der Waals surface area contributed by atoms with Gasteiger partial charge in [0.1, 0.15) is 0 Å². The quantitative estimate of drug-likeness (QED) is 0.833. The zero-order valence-corrected chi connectivity index (χ0v) is 9.27. The smallest absolute Gasteiger partial charge is 0.153 e. The van der Waals surface area contributed by atoms with Crippen LogP contribution >= 0.6 is 0 Å². The molecular weight excluding hydrogens is 186 g/mol. The van der Waals surface area contributed by atoms with Crippen LogP contribution in [0, 0.1) is 5.92 Å². The Bertz CT molecular complexity index is 459. The van der Waals surface area contributed by atoms with E-state index in [4.69, 9.17) is 5.73 Å². The second-order valence-electron chi connectivity index (χ2n) is 4.10. The highest BCUT2D eigenvalue weighted by molar-refractivity contribution is 5.88. The third-order valence-corrected chi connectivity index (χ3v) is 2.87. The van der Waals surface area contributed by atoms with Gasteiger partial charge in [0.05, 0.1) is 5.52 Å². The molecule has 15 heavy (non-hydrogen) atoms. The summed E-state index contributed by atoms with van der Waals surface area (Å²) in [5, 5.41) is 5.43. The molecule has 2 N–H and O–H groups in total. The van der Waals surface area contributed by atoms with E-state index in [0.29, 0.717) is 11.7 Å². The first-order chi connectivity index (χ1) is 7.22. The number of nitrogens with zero attached hydrogens (tertiary/aromatic N) is 2. The maximum absolute atomic E-state index is 5.86. The Kier molecular flexibility index (Phi) is 2.62. The largest absolute Gasteiger partial charge is 0.382 e. The minimum atomic E-state index is 0.632. The predicted octanol–water partition coefficient (Wildman–Crippen LogP) is 2.66. The summed E-state index contributed by atoms with van der Waals surface area (Å²) in [6.45, 7) is 5.36. The Morgan fingerprint density at radius 2 is 2.13 bits per heavy atom. The topological polar surface area (TPSA) is 43.8 Å². The third-order valence-electron chi connectivity index (χ3n) is 2.87. The zero-order valence-electron chi connectivity index (χ0n) is 9.27. The van der Waals surface area contributed by atoms with E-state index >= 15 is 0 Å². The first-order valence-electron chi connectivity index (χ1n) is 5.43. The van der Waals surface area contributed by atoms with Crippen LogP contribution < -0.4 is 5.73 Å². The number of para-hydroxylation sites is 1. The molecule has 0 radical (unpaired) electrons. The third kappa shape index (κ3) is 1.82. The van der Waals surface area contributed by atoms with Crippen LogP contribution in [0.4, 0.5) is 5.82 Å². The molecule has 80 valence electrons. The molecule has 1 heterocycles. The van der Waals surface area contributed by atoms with E-state index in [9.17, 15) is 0 Å². The molecule has 0 aliphatic heterocycles. The summed E-state index contributed by atoms with van der Waals surface area (Å²) >= 11 is 0. The molecule has 0 saturated carbocycles. The second kappa shape index (κ2) is 3.93. The molecule has 1 aromatic carbocycles. The second-order valence-corrected chi connectivity index (χ2v) is 4.10. The van der Waals surface area contributed by atoms with Crippen molar-refractivity contribution in [1.82, 2.24) is 9.78 Å². The molecular formula is C12H17N3. The summed E-state index contributed by atoms with van der Waals surface area (Å²) in [7, 11) is 0. The lowest BCUT2D eigenvalue weighted by Crippen LogP contribution is -2.08. The van der Waals surface area contributed by atoms with E-state index in [2.05, 4.69) is 25.0 Å². The molecule has 1 aromatic heterocycles. The van der Waals surface area contributed by atoms with Crippen molar-refractivity contribution in [1.29, 1.82) is 0 Å². The van der Waals surface area contributed by atoms with E-state index in [1.807, 2.05) is 22.9 Å². The molecule has 0 aliphatic rings. The molecule has 0 aliphatic carbocycles. The number of benzene rings is 1. The van der Waals surface area contributed by atoms with E-state index in [1.165, 1.54) is 0 Å². The fourth-order valence-electron chi connectivity index (χ4n) is 1.72. The van der Waals surface area contributed by atoms with Gasteiger partial charge in [-0.05, 0) is 18.1 Å². The Labute approximate surface area is 89.9 Å². The number of nitrogen functional groups attached to an aromatic ring is 1. The van der Waals surface area contributed by atoms with Gasteiger partial charge in [-0.2, -0.15) is 5.10 Å². The van der Waals surface area contributed by atoms with Gasteiger partial charge in [-0.25, -0.2) is 0 Å². The van der Waals surface area contributed by atoms with Gasteiger partial charge in [-0.1, -0.05) is 32.4 Å². The standard InChI is InChI=1S/C12H17N3/c1-3-9(2)8-15-11-7-5-4-6-10(11)12(13)14-15/h4-7,9H,3,8H2,1-2H3,(H2,13,14). The summed E-state index contributed by atoms with van der Waals surface area (Å²) in [6, 6.07) is 8.11. The van der Waals surface area contributed by atoms with Crippen molar-refractivity contribution in [3.8, 4) is 0 Å². The number of hydrogen-bond acceptors (Lipinski definition) is 2. The summed E-state index contributed by atoms with van der Waals surface area (Å²) in [5.41, 5.74) is 7.00. The van der Waals surface area contributed by atoms with Crippen LogP contribution in [0.3, 0.4) is 0 Å². The van der Waals surface area contributed by atoms with Crippen molar-refractivity contribution in [3.05, 3.63) is 24.3 Å². The van der Waals surface area contributed by atoms with E-state index in [1.54, 1.807) is 0 Å². The van der Waals surface area contributed by atoms with Crippen LogP contribution in [-0.2, 0) is 6.54 Å². The van der Waals surface area contributed by atoms with Crippen molar-refractivity contribution in [2.24, 2.45) is 5.92 Å². The highest BCUT2D eigenvalue weighted by atomic mass is 15.3. The van der Waals surface area contributed by atoms with E-state index < -0.39 is 0 Å². The number of hydrogen-bond donors (Lipinski definition) is 1. The average Bonchev–Trinajstić information content (AvgIpc) is 2.57. The highest BCUT2D eigenvalue weighted by Crippen LogP contribution is 2.21. The lowest BCUT2D eigenvalue weighted by Gasteiger charge is -2.08. The van der Waals surface area contributed by atoms with Gasteiger partial charge in [0.25, 0.3) is 0 Å². The van der Waals surface area contributed by atoms with Crippen molar-refractivity contribution < 1.29 is 0 Å². The monoisotopic (exact) mass is 203 g/mol. The van der Waals surface area contributed by atoms with Gasteiger partial charge in [-0.3, -0.25) is 4.68 Å². The van der Waals surface area contributed by atoms with Crippen LogP contribution in [0.25, 0.3) is 10.9 Å². The summed E-state index contributed by atoms with van der Waals surface area (Å²) in [6.07, 6.45) is 1.16. The van der Waals surface area contributed by atoms with Crippen LogP contribution in [0.2, 0.25) is 0 Å². The number of rotatable bonds is 3. The van der Waals surface area contributed by atoms with E-state index in [-0.39, 0.29) is 0 Å². The maximum Gasteiger partial charge on any atom is 0.153 e. The van der Waals surface area contributed by atoms with Crippen molar-refractivity contribution in [3.63, 3.8) is 0 Å². The average molecular weight is 203 g/mol. The zero-order chi connectivity index (χ0) is 10.8. The number of anilines is 1. The molecule has 0 fully saturated rings. The normalized spacial score (nSPS) is 13.2. The van der Waals surface area contributed by atoms with Gasteiger partial charge >= 0.3 is 0 Å². The lowest BCUT2D eigenvalue weighted by molar-refractivity contribution is 0.449. The van der Waals surface area contributed by atoms with Gasteiger partial charge in [0.2, 0.25) is 0 Å². The molecule has 3 nitrogen and oxygen atoms in total. The summed E-state index contributed by atoms with van der Waals surface area (Å²) < 4.78 is 2.01. The molecule has 1 atom stereocenters. The van der Waals surface area contributed by atoms with Crippen LogP contribution in [0.15, 0.2) is 24.3 Å². The lowest BCUT2D eigenvalue weighted by atomic mass is 10.1. The van der Waals surface area contributed by atoms with Gasteiger partial charge in [0, 0.05) is 11.9 Å². The Morgan fingerprint density at radius 3 is 2.87 bits per heavy atom. The summed E-state index contributed by atoms with van der Waals surface area (Å²) in [5.74, 6) is 1.27. The van der Waals surface area contributed by atoms with Gasteiger partial charge in [0.15, 0.2) is 5.82 Å². The van der Waals surface area contributed by atoms with Crippen LogP contribution in [0.5, 0.6) is 0 Å². The molecule has 0 bridgehead atoms. The SMILES string of the molecule is CCC(C)Cn1nc(N)c2ccccc21. The minimum Gasteiger partial charge on any atom is -0.382 e. The fourth-order valence-corrected chi connectivity index (χ4v) is 1.72. The van der Waals surface area contributed by atoms with Crippen LogP contribution in [0.1, 0.15) is 20.3 Å².